The summed E-state index contributed by atoms with van der Waals surface area (Å²) in [6.45, 7) is 1.84. The van der Waals surface area contributed by atoms with Gasteiger partial charge in [0, 0.05) is 5.02 Å². The SMILES string of the molecule is Cc1c(Cl)cc(Cl)c(N2C(N)=NC(N)=NC23CCCCC3)c1Cl. The van der Waals surface area contributed by atoms with Crippen molar-refractivity contribution in [3.8, 4) is 0 Å². The van der Waals surface area contributed by atoms with Crippen LogP contribution in [0.5, 0.6) is 0 Å². The molecule has 1 saturated carbocycles. The average Bonchev–Trinajstić information content (AvgIpc) is 2.48. The number of hydrogen-bond donors (Lipinski definition) is 2. The molecule has 23 heavy (non-hydrogen) atoms. The van der Waals surface area contributed by atoms with Crippen LogP contribution in [0.2, 0.25) is 15.1 Å². The highest BCUT2D eigenvalue weighted by atomic mass is 35.5. The van der Waals surface area contributed by atoms with E-state index in [-0.39, 0.29) is 11.9 Å². The zero-order valence-corrected chi connectivity index (χ0v) is 15.0. The van der Waals surface area contributed by atoms with Crippen LogP contribution < -0.4 is 16.4 Å². The van der Waals surface area contributed by atoms with Gasteiger partial charge in [-0.1, -0.05) is 41.2 Å². The largest absolute Gasteiger partial charge is 0.369 e. The molecule has 1 aliphatic heterocycles. The second-order valence-electron chi connectivity index (χ2n) is 5.95. The van der Waals surface area contributed by atoms with Crippen molar-refractivity contribution in [2.24, 2.45) is 21.5 Å². The van der Waals surface area contributed by atoms with Gasteiger partial charge >= 0.3 is 0 Å². The Morgan fingerprint density at radius 2 is 1.74 bits per heavy atom. The molecule has 0 radical (unpaired) electrons. The lowest BCUT2D eigenvalue weighted by molar-refractivity contribution is 0.305. The maximum Gasteiger partial charge on any atom is 0.220 e. The molecule has 0 bridgehead atoms. The van der Waals surface area contributed by atoms with Crippen LogP contribution in [0, 0.1) is 6.92 Å². The Kier molecular flexibility index (Phi) is 4.38. The van der Waals surface area contributed by atoms with Crippen molar-refractivity contribution in [3.63, 3.8) is 0 Å². The van der Waals surface area contributed by atoms with Gasteiger partial charge in [0.2, 0.25) is 11.9 Å². The van der Waals surface area contributed by atoms with Gasteiger partial charge in [-0.15, -0.1) is 0 Å². The monoisotopic (exact) mass is 373 g/mol. The van der Waals surface area contributed by atoms with Crippen LogP contribution in [0.1, 0.15) is 37.7 Å². The molecule has 0 saturated heterocycles. The number of halogens is 3. The molecule has 0 atom stereocenters. The summed E-state index contributed by atoms with van der Waals surface area (Å²) in [7, 11) is 0. The molecule has 8 heteroatoms. The Hall–Kier alpha value is -1.17. The molecular formula is C15H18Cl3N5. The van der Waals surface area contributed by atoms with E-state index in [1.807, 2.05) is 11.8 Å². The Labute approximate surface area is 150 Å². The number of nitrogens with two attached hydrogens (primary N) is 2. The second-order valence-corrected chi connectivity index (χ2v) is 7.14. The van der Waals surface area contributed by atoms with E-state index in [1.165, 1.54) is 0 Å². The van der Waals surface area contributed by atoms with Crippen LogP contribution >= 0.6 is 34.8 Å². The Morgan fingerprint density at radius 1 is 1.09 bits per heavy atom. The van der Waals surface area contributed by atoms with Gasteiger partial charge in [0.15, 0.2) is 0 Å². The second kappa shape index (κ2) is 6.04. The third-order valence-electron chi connectivity index (χ3n) is 4.45. The lowest BCUT2D eigenvalue weighted by atomic mass is 9.87. The number of aliphatic imine (C=N–C) groups is 2. The summed E-state index contributed by atoms with van der Waals surface area (Å²) in [5.74, 6) is 0.448. The minimum atomic E-state index is -0.582. The van der Waals surface area contributed by atoms with Crippen molar-refractivity contribution >= 4 is 52.4 Å². The zero-order valence-electron chi connectivity index (χ0n) is 12.7. The molecular weight excluding hydrogens is 357 g/mol. The zero-order chi connectivity index (χ0) is 16.8. The number of benzene rings is 1. The maximum absolute atomic E-state index is 6.54. The van der Waals surface area contributed by atoms with Crippen molar-refractivity contribution in [2.45, 2.75) is 44.7 Å². The Balaban J connectivity index is 2.21. The van der Waals surface area contributed by atoms with Crippen LogP contribution in [0.4, 0.5) is 5.69 Å². The molecule has 4 N–H and O–H groups in total. The fraction of sp³-hybridized carbons (Fsp3) is 0.467. The minimum Gasteiger partial charge on any atom is -0.369 e. The van der Waals surface area contributed by atoms with Crippen LogP contribution in [0.25, 0.3) is 0 Å². The molecule has 1 fully saturated rings. The van der Waals surface area contributed by atoms with Gasteiger partial charge < -0.3 is 11.5 Å². The molecule has 1 heterocycles. The normalized spacial score (nSPS) is 20.4. The summed E-state index contributed by atoms with van der Waals surface area (Å²) in [5.41, 5.74) is 12.8. The van der Waals surface area contributed by atoms with E-state index in [4.69, 9.17) is 46.3 Å². The highest BCUT2D eigenvalue weighted by Crippen LogP contribution is 2.46. The number of guanidine groups is 2. The van der Waals surface area contributed by atoms with E-state index >= 15 is 0 Å². The highest BCUT2D eigenvalue weighted by Gasteiger charge is 2.44. The van der Waals surface area contributed by atoms with Crippen molar-refractivity contribution < 1.29 is 0 Å². The van der Waals surface area contributed by atoms with Crippen molar-refractivity contribution in [1.82, 2.24) is 0 Å². The molecule has 2 aliphatic rings. The third kappa shape index (κ3) is 2.75. The molecule has 1 spiro atoms. The third-order valence-corrected chi connectivity index (χ3v) is 5.59. The van der Waals surface area contributed by atoms with Crippen LogP contribution in [0.15, 0.2) is 16.1 Å². The Morgan fingerprint density at radius 3 is 2.39 bits per heavy atom. The molecule has 124 valence electrons. The fourth-order valence-corrected chi connectivity index (χ4v) is 4.26. The molecule has 0 aromatic heterocycles. The van der Waals surface area contributed by atoms with Crippen molar-refractivity contribution in [1.29, 1.82) is 0 Å². The lowest BCUT2D eigenvalue weighted by Crippen LogP contribution is -2.58. The first-order valence-electron chi connectivity index (χ1n) is 7.49. The van der Waals surface area contributed by atoms with Crippen LogP contribution in [0.3, 0.4) is 0 Å². The van der Waals surface area contributed by atoms with E-state index < -0.39 is 5.66 Å². The van der Waals surface area contributed by atoms with Gasteiger partial charge in [0.25, 0.3) is 0 Å². The van der Waals surface area contributed by atoms with Crippen LogP contribution in [-0.2, 0) is 0 Å². The van der Waals surface area contributed by atoms with E-state index in [2.05, 4.69) is 9.98 Å². The summed E-state index contributed by atoms with van der Waals surface area (Å²) in [6.07, 6.45) is 4.85. The van der Waals surface area contributed by atoms with Gasteiger partial charge in [-0.25, -0.2) is 4.99 Å². The first-order chi connectivity index (χ1) is 10.9. The van der Waals surface area contributed by atoms with E-state index in [9.17, 15) is 0 Å². The van der Waals surface area contributed by atoms with E-state index in [0.717, 1.165) is 37.7 Å². The molecule has 1 aromatic carbocycles. The number of anilines is 1. The van der Waals surface area contributed by atoms with Gasteiger partial charge in [0.05, 0.1) is 15.7 Å². The molecule has 3 rings (SSSR count). The van der Waals surface area contributed by atoms with E-state index in [1.54, 1.807) is 6.07 Å². The topological polar surface area (TPSA) is 80.0 Å². The van der Waals surface area contributed by atoms with Crippen molar-refractivity contribution in [3.05, 3.63) is 26.7 Å². The standard InChI is InChI=1S/C15H18Cl3N5/c1-8-9(16)7-10(17)12(11(8)18)23-14(20)21-13(19)22-15(23)5-3-2-4-6-15/h7H,2-6H2,1H3,(H4,19,20,21,22). The summed E-state index contributed by atoms with van der Waals surface area (Å²) in [6, 6.07) is 1.67. The number of rotatable bonds is 1. The first-order valence-corrected chi connectivity index (χ1v) is 8.63. The predicted octanol–water partition coefficient (Wildman–Crippen LogP) is 4.07. The molecule has 1 aromatic rings. The fourth-order valence-electron chi connectivity index (χ4n) is 3.33. The predicted molar refractivity (Wildman–Crippen MR) is 97.7 cm³/mol. The van der Waals surface area contributed by atoms with Gasteiger partial charge in [-0.3, -0.25) is 4.90 Å². The highest BCUT2D eigenvalue weighted by molar-refractivity contribution is 6.43. The van der Waals surface area contributed by atoms with Crippen LogP contribution in [-0.4, -0.2) is 17.6 Å². The molecule has 0 unspecified atom stereocenters. The minimum absolute atomic E-state index is 0.193. The molecule has 5 nitrogen and oxygen atoms in total. The van der Waals surface area contributed by atoms with Gasteiger partial charge in [-0.2, -0.15) is 4.99 Å². The summed E-state index contributed by atoms with van der Waals surface area (Å²) in [4.78, 5) is 10.6. The summed E-state index contributed by atoms with van der Waals surface area (Å²) in [5, 5.41) is 1.39. The van der Waals surface area contributed by atoms with Gasteiger partial charge in [-0.05, 0) is 44.2 Å². The summed E-state index contributed by atoms with van der Waals surface area (Å²) < 4.78 is 0. The number of nitrogens with zero attached hydrogens (tertiary/aromatic N) is 3. The van der Waals surface area contributed by atoms with Crippen molar-refractivity contribution in [2.75, 3.05) is 4.90 Å². The summed E-state index contributed by atoms with van der Waals surface area (Å²) >= 11 is 19.2. The average molecular weight is 375 g/mol. The molecule has 1 aliphatic carbocycles. The lowest BCUT2D eigenvalue weighted by Gasteiger charge is -2.46. The molecule has 0 amide bonds. The van der Waals surface area contributed by atoms with E-state index in [0.29, 0.717) is 20.8 Å². The smallest absolute Gasteiger partial charge is 0.220 e. The maximum atomic E-state index is 6.54. The quantitative estimate of drug-likeness (QED) is 0.777. The number of hydrogen-bond acceptors (Lipinski definition) is 5. The first kappa shape index (κ1) is 16.7. The Bertz CT molecular complexity index is 708. The van der Waals surface area contributed by atoms with Gasteiger partial charge in [0.1, 0.15) is 5.66 Å².